The number of hydrogen-bond donors (Lipinski definition) is 1. The lowest BCUT2D eigenvalue weighted by Gasteiger charge is -2.29. The average molecular weight is 432 g/mol. The molecular formula is C23H37N5OS. The molecule has 2 aliphatic rings. The van der Waals surface area contributed by atoms with Crippen molar-refractivity contribution in [1.29, 1.82) is 0 Å². The lowest BCUT2D eigenvalue weighted by molar-refractivity contribution is -0.127. The van der Waals surface area contributed by atoms with Gasteiger partial charge in [-0.05, 0) is 50.4 Å². The summed E-state index contributed by atoms with van der Waals surface area (Å²) in [7, 11) is 3.57. The standard InChI is InChI=1S/C23H37N5OS/c1-26(2)22(29)17-25-23(24-12-16-30-21-9-5-3-6-10-21)28-15-11-20(19-28)18-27-13-7-4-8-14-27/h3,5-6,9-10,20H,4,7-8,11-19H2,1-2H3,(H,24,25). The van der Waals surface area contributed by atoms with Crippen molar-refractivity contribution in [3.63, 3.8) is 0 Å². The second kappa shape index (κ2) is 12.2. The third kappa shape index (κ3) is 7.51. The molecule has 30 heavy (non-hydrogen) atoms. The highest BCUT2D eigenvalue weighted by Gasteiger charge is 2.27. The molecule has 6 nitrogen and oxygen atoms in total. The Morgan fingerprint density at radius 1 is 1.17 bits per heavy atom. The number of nitrogens with zero attached hydrogens (tertiary/aromatic N) is 4. The van der Waals surface area contributed by atoms with Gasteiger partial charge in [0.2, 0.25) is 5.91 Å². The fourth-order valence-corrected chi connectivity index (χ4v) is 4.87. The molecule has 166 valence electrons. The maximum Gasteiger partial charge on any atom is 0.243 e. The number of piperidine rings is 1. The van der Waals surface area contributed by atoms with Crippen LogP contribution in [0.15, 0.2) is 40.2 Å². The zero-order valence-corrected chi connectivity index (χ0v) is 19.4. The highest BCUT2D eigenvalue weighted by Crippen LogP contribution is 2.20. The molecule has 1 atom stereocenters. The third-order valence-electron chi connectivity index (χ3n) is 5.81. The van der Waals surface area contributed by atoms with E-state index in [1.807, 2.05) is 17.8 Å². The Balaban J connectivity index is 1.51. The number of thioether (sulfide) groups is 1. The van der Waals surface area contributed by atoms with E-state index in [-0.39, 0.29) is 12.5 Å². The molecule has 2 fully saturated rings. The second-order valence-electron chi connectivity index (χ2n) is 8.48. The van der Waals surface area contributed by atoms with Crippen molar-refractivity contribution < 1.29 is 4.79 Å². The van der Waals surface area contributed by atoms with Gasteiger partial charge in [-0.1, -0.05) is 24.6 Å². The quantitative estimate of drug-likeness (QED) is 0.297. The number of amides is 1. The van der Waals surface area contributed by atoms with Crippen LogP contribution in [0.3, 0.4) is 0 Å². The van der Waals surface area contributed by atoms with Gasteiger partial charge in [-0.3, -0.25) is 4.79 Å². The van der Waals surface area contributed by atoms with Crippen molar-refractivity contribution in [2.45, 2.75) is 30.6 Å². The Morgan fingerprint density at radius 2 is 1.93 bits per heavy atom. The molecule has 1 unspecified atom stereocenters. The molecule has 2 heterocycles. The molecule has 2 aliphatic heterocycles. The molecule has 1 aromatic carbocycles. The SMILES string of the molecule is CN(C)C(=O)CN=C(NCCSc1ccccc1)N1CCC(CN2CCCCC2)C1. The number of aliphatic imine (C=N–C) groups is 1. The summed E-state index contributed by atoms with van der Waals surface area (Å²) in [5, 5.41) is 3.52. The summed E-state index contributed by atoms with van der Waals surface area (Å²) in [5.41, 5.74) is 0. The Labute approximate surface area is 186 Å². The van der Waals surface area contributed by atoms with Crippen LogP contribution < -0.4 is 5.32 Å². The second-order valence-corrected chi connectivity index (χ2v) is 9.65. The van der Waals surface area contributed by atoms with E-state index in [9.17, 15) is 4.79 Å². The Hall–Kier alpha value is -1.73. The van der Waals surface area contributed by atoms with E-state index < -0.39 is 0 Å². The normalized spacial score (nSPS) is 20.4. The first-order valence-electron chi connectivity index (χ1n) is 11.3. The van der Waals surface area contributed by atoms with Gasteiger partial charge < -0.3 is 20.0 Å². The van der Waals surface area contributed by atoms with Crippen LogP contribution in [0.25, 0.3) is 0 Å². The van der Waals surface area contributed by atoms with E-state index in [1.54, 1.807) is 19.0 Å². The van der Waals surface area contributed by atoms with E-state index in [0.717, 1.165) is 31.3 Å². The average Bonchev–Trinajstić information content (AvgIpc) is 3.22. The first kappa shape index (κ1) is 22.9. The molecule has 0 aromatic heterocycles. The van der Waals surface area contributed by atoms with E-state index in [0.29, 0.717) is 5.92 Å². The fraction of sp³-hybridized carbons (Fsp3) is 0.652. The van der Waals surface area contributed by atoms with Gasteiger partial charge >= 0.3 is 0 Å². The summed E-state index contributed by atoms with van der Waals surface area (Å²) in [4.78, 5) is 24.6. The molecule has 0 spiro atoms. The predicted octanol–water partition coefficient (Wildman–Crippen LogP) is 2.62. The summed E-state index contributed by atoms with van der Waals surface area (Å²) in [5.74, 6) is 2.59. The van der Waals surface area contributed by atoms with Crippen molar-refractivity contribution in [1.82, 2.24) is 20.0 Å². The van der Waals surface area contributed by atoms with Gasteiger partial charge in [-0.25, -0.2) is 4.99 Å². The molecule has 1 amide bonds. The minimum atomic E-state index is 0.0389. The van der Waals surface area contributed by atoms with Crippen molar-refractivity contribution in [3.8, 4) is 0 Å². The van der Waals surface area contributed by atoms with Crippen LogP contribution in [-0.4, -0.2) is 92.2 Å². The molecule has 7 heteroatoms. The largest absolute Gasteiger partial charge is 0.355 e. The van der Waals surface area contributed by atoms with Gasteiger partial charge in [0.15, 0.2) is 5.96 Å². The number of carbonyl (C=O) groups is 1. The van der Waals surface area contributed by atoms with Gasteiger partial charge in [-0.15, -0.1) is 11.8 Å². The number of benzene rings is 1. The molecule has 2 saturated heterocycles. The first-order chi connectivity index (χ1) is 14.6. The Bertz CT molecular complexity index is 675. The summed E-state index contributed by atoms with van der Waals surface area (Å²) in [6.45, 7) is 6.80. The number of likely N-dealkylation sites (N-methyl/N-ethyl adjacent to an activating group) is 1. The van der Waals surface area contributed by atoms with Crippen molar-refractivity contribution in [2.24, 2.45) is 10.9 Å². The number of nitrogens with one attached hydrogen (secondary N) is 1. The minimum absolute atomic E-state index is 0.0389. The highest BCUT2D eigenvalue weighted by molar-refractivity contribution is 7.99. The lowest BCUT2D eigenvalue weighted by Crippen LogP contribution is -2.42. The predicted molar refractivity (Wildman–Crippen MR) is 126 cm³/mol. The van der Waals surface area contributed by atoms with Crippen molar-refractivity contribution >= 4 is 23.6 Å². The molecule has 0 aliphatic carbocycles. The molecule has 1 N–H and O–H groups in total. The van der Waals surface area contributed by atoms with Gasteiger partial charge in [-0.2, -0.15) is 0 Å². The number of likely N-dealkylation sites (tertiary alicyclic amines) is 2. The van der Waals surface area contributed by atoms with Crippen molar-refractivity contribution in [3.05, 3.63) is 30.3 Å². The van der Waals surface area contributed by atoms with Gasteiger partial charge in [0.05, 0.1) is 0 Å². The van der Waals surface area contributed by atoms with Crippen LogP contribution in [-0.2, 0) is 4.79 Å². The topological polar surface area (TPSA) is 51.2 Å². The van der Waals surface area contributed by atoms with Gasteiger partial charge in [0.25, 0.3) is 0 Å². The van der Waals surface area contributed by atoms with Crippen molar-refractivity contribution in [2.75, 3.05) is 65.7 Å². The van der Waals surface area contributed by atoms with Crippen LogP contribution in [0.4, 0.5) is 0 Å². The minimum Gasteiger partial charge on any atom is -0.355 e. The maximum atomic E-state index is 12.1. The zero-order valence-electron chi connectivity index (χ0n) is 18.6. The van der Waals surface area contributed by atoms with Crippen LogP contribution >= 0.6 is 11.8 Å². The molecule has 3 rings (SSSR count). The van der Waals surface area contributed by atoms with E-state index in [1.165, 1.54) is 50.2 Å². The summed E-state index contributed by atoms with van der Waals surface area (Å²) >= 11 is 1.84. The van der Waals surface area contributed by atoms with Crippen LogP contribution in [0.2, 0.25) is 0 Å². The first-order valence-corrected chi connectivity index (χ1v) is 12.2. The number of hydrogen-bond acceptors (Lipinski definition) is 4. The summed E-state index contributed by atoms with van der Waals surface area (Å²) in [6, 6.07) is 10.5. The third-order valence-corrected chi connectivity index (χ3v) is 6.82. The number of carbonyl (C=O) groups excluding carboxylic acids is 1. The number of guanidine groups is 1. The summed E-state index contributed by atoms with van der Waals surface area (Å²) in [6.07, 6.45) is 5.28. The molecular weight excluding hydrogens is 394 g/mol. The maximum absolute atomic E-state index is 12.1. The smallest absolute Gasteiger partial charge is 0.243 e. The Kier molecular flexibility index (Phi) is 9.33. The molecule has 0 saturated carbocycles. The highest BCUT2D eigenvalue weighted by atomic mass is 32.2. The van der Waals surface area contributed by atoms with Gasteiger partial charge in [0.1, 0.15) is 6.54 Å². The lowest BCUT2D eigenvalue weighted by atomic mass is 10.1. The van der Waals surface area contributed by atoms with Crippen LogP contribution in [0.1, 0.15) is 25.7 Å². The summed E-state index contributed by atoms with van der Waals surface area (Å²) < 4.78 is 0. The van der Waals surface area contributed by atoms with Gasteiger partial charge in [0, 0.05) is 50.9 Å². The monoisotopic (exact) mass is 431 g/mol. The van der Waals surface area contributed by atoms with Crippen LogP contribution in [0, 0.1) is 5.92 Å². The molecule has 0 radical (unpaired) electrons. The zero-order chi connectivity index (χ0) is 21.2. The Morgan fingerprint density at radius 3 is 2.67 bits per heavy atom. The molecule has 0 bridgehead atoms. The number of rotatable bonds is 8. The van der Waals surface area contributed by atoms with E-state index in [2.05, 4.69) is 44.4 Å². The fourth-order valence-electron chi connectivity index (χ4n) is 4.08. The van der Waals surface area contributed by atoms with E-state index in [4.69, 9.17) is 0 Å². The molecule has 1 aromatic rings. The van der Waals surface area contributed by atoms with Crippen LogP contribution in [0.5, 0.6) is 0 Å². The van der Waals surface area contributed by atoms with E-state index >= 15 is 0 Å².